The van der Waals surface area contributed by atoms with Crippen LogP contribution in [0, 0.1) is 18.8 Å². The number of allylic oxidation sites excluding steroid dienone is 2. The molecule has 1 fully saturated rings. The van der Waals surface area contributed by atoms with Crippen LogP contribution < -0.4 is 0 Å². The minimum Gasteiger partial charge on any atom is -0.381 e. The Bertz CT molecular complexity index is 669. The largest absolute Gasteiger partial charge is 0.381 e. The van der Waals surface area contributed by atoms with E-state index >= 15 is 0 Å². The Balaban J connectivity index is 1.69. The second-order valence-electron chi connectivity index (χ2n) is 7.38. The van der Waals surface area contributed by atoms with Crippen LogP contribution in [0.2, 0.25) is 0 Å². The van der Waals surface area contributed by atoms with Gasteiger partial charge in [-0.2, -0.15) is 0 Å². The van der Waals surface area contributed by atoms with Crippen LogP contribution in [0.25, 0.3) is 6.08 Å². The number of aryl methyl sites for hydroxylation is 3. The summed E-state index contributed by atoms with van der Waals surface area (Å²) >= 11 is 0. The lowest BCUT2D eigenvalue weighted by atomic mass is 9.80. The first-order valence-electron chi connectivity index (χ1n) is 9.49. The second kappa shape index (κ2) is 8.09. The molecule has 3 nitrogen and oxygen atoms in total. The molecule has 1 aromatic heterocycles. The number of hydrogen-bond acceptors (Lipinski definition) is 3. The summed E-state index contributed by atoms with van der Waals surface area (Å²) in [5, 5.41) is 0. The normalized spacial score (nSPS) is 24.2. The summed E-state index contributed by atoms with van der Waals surface area (Å²) in [6.07, 6.45) is 13.3. The van der Waals surface area contributed by atoms with E-state index in [9.17, 15) is 4.79 Å². The van der Waals surface area contributed by atoms with E-state index < -0.39 is 0 Å². The van der Waals surface area contributed by atoms with Crippen molar-refractivity contribution in [3.63, 3.8) is 0 Å². The lowest BCUT2D eigenvalue weighted by Crippen LogP contribution is -2.28. The molecular formula is C22H29NO2. The molecule has 1 unspecified atom stereocenters. The first-order chi connectivity index (χ1) is 12.1. The summed E-state index contributed by atoms with van der Waals surface area (Å²) in [5.41, 5.74) is 4.79. The number of ketones is 1. The summed E-state index contributed by atoms with van der Waals surface area (Å²) < 4.78 is 5.41. The minimum atomic E-state index is -0.224. The highest BCUT2D eigenvalue weighted by atomic mass is 16.5. The fourth-order valence-corrected chi connectivity index (χ4v) is 4.11. The van der Waals surface area contributed by atoms with E-state index in [0.717, 1.165) is 44.2 Å². The van der Waals surface area contributed by atoms with Gasteiger partial charge in [-0.15, -0.1) is 6.58 Å². The van der Waals surface area contributed by atoms with E-state index in [0.29, 0.717) is 11.9 Å². The number of carbonyl (C=O) groups excluding carboxylic acids is 1. The van der Waals surface area contributed by atoms with E-state index in [2.05, 4.69) is 19.6 Å². The highest BCUT2D eigenvalue weighted by Crippen LogP contribution is 2.29. The van der Waals surface area contributed by atoms with Crippen LogP contribution in [-0.2, 0) is 22.4 Å². The molecule has 25 heavy (non-hydrogen) atoms. The van der Waals surface area contributed by atoms with Crippen molar-refractivity contribution in [2.45, 2.75) is 58.0 Å². The standard InChI is InChI=1S/C22H29NO2/c1-4-16(22(24)17-8-11-19(25-3)12-9-17)10-13-20-15(2)14-18-6-5-7-21(18)23-20/h4,10,13-14,16-17,19H,1,5-9,11-12H2,2-3H3/b13-10-. The Hall–Kier alpha value is -1.74. The zero-order valence-corrected chi connectivity index (χ0v) is 15.5. The van der Waals surface area contributed by atoms with Crippen molar-refractivity contribution in [2.24, 2.45) is 11.8 Å². The van der Waals surface area contributed by atoms with Gasteiger partial charge >= 0.3 is 0 Å². The summed E-state index contributed by atoms with van der Waals surface area (Å²) in [4.78, 5) is 17.6. The summed E-state index contributed by atoms with van der Waals surface area (Å²) in [7, 11) is 1.76. The third kappa shape index (κ3) is 4.09. The Kier molecular flexibility index (Phi) is 5.85. The fraction of sp³-hybridized carbons (Fsp3) is 0.545. The fourth-order valence-electron chi connectivity index (χ4n) is 4.11. The number of hydrogen-bond donors (Lipinski definition) is 0. The lowest BCUT2D eigenvalue weighted by Gasteiger charge is -2.27. The van der Waals surface area contributed by atoms with Crippen molar-refractivity contribution in [1.29, 1.82) is 0 Å². The minimum absolute atomic E-state index is 0.133. The van der Waals surface area contributed by atoms with Crippen LogP contribution >= 0.6 is 0 Å². The number of rotatable bonds is 6. The Morgan fingerprint density at radius 1 is 1.32 bits per heavy atom. The maximum Gasteiger partial charge on any atom is 0.146 e. The van der Waals surface area contributed by atoms with Crippen LogP contribution in [-0.4, -0.2) is 24.0 Å². The first-order valence-corrected chi connectivity index (χ1v) is 9.49. The monoisotopic (exact) mass is 339 g/mol. The number of carbonyl (C=O) groups is 1. The number of pyridine rings is 1. The average molecular weight is 339 g/mol. The van der Waals surface area contributed by atoms with E-state index in [1.165, 1.54) is 23.2 Å². The molecule has 0 spiro atoms. The van der Waals surface area contributed by atoms with E-state index in [4.69, 9.17) is 9.72 Å². The predicted octanol–water partition coefficient (Wildman–Crippen LogP) is 4.47. The molecule has 1 atom stereocenters. The van der Waals surface area contributed by atoms with Crippen LogP contribution in [0.3, 0.4) is 0 Å². The van der Waals surface area contributed by atoms with Gasteiger partial charge in [-0.25, -0.2) is 0 Å². The molecule has 0 aromatic carbocycles. The molecule has 1 saturated carbocycles. The van der Waals surface area contributed by atoms with Gasteiger partial charge in [0.15, 0.2) is 0 Å². The maximum atomic E-state index is 12.8. The molecule has 134 valence electrons. The summed E-state index contributed by atoms with van der Waals surface area (Å²) in [6, 6.07) is 2.26. The number of fused-ring (bicyclic) bond motifs is 1. The van der Waals surface area contributed by atoms with Crippen LogP contribution in [0.4, 0.5) is 0 Å². The molecule has 0 bridgehead atoms. The summed E-state index contributed by atoms with van der Waals surface area (Å²) in [6.45, 7) is 5.98. The smallest absolute Gasteiger partial charge is 0.146 e. The number of methoxy groups -OCH3 is 1. The van der Waals surface area contributed by atoms with Crippen molar-refractivity contribution in [3.05, 3.63) is 47.3 Å². The molecule has 0 N–H and O–H groups in total. The Labute approximate surface area is 151 Å². The number of ether oxygens (including phenoxy) is 1. The van der Waals surface area contributed by atoms with E-state index in [1.807, 2.05) is 12.2 Å². The second-order valence-corrected chi connectivity index (χ2v) is 7.38. The number of Topliss-reactive ketones (excluding diaryl/α,β-unsaturated/α-hetero) is 1. The van der Waals surface area contributed by atoms with Crippen LogP contribution in [0.15, 0.2) is 24.8 Å². The SMILES string of the molecule is C=CC(/C=C\c1nc2c(cc1C)CCC2)C(=O)C1CCC(OC)CC1. The van der Waals surface area contributed by atoms with Gasteiger partial charge in [0.25, 0.3) is 0 Å². The van der Waals surface area contributed by atoms with Gasteiger partial charge in [0.1, 0.15) is 5.78 Å². The van der Waals surface area contributed by atoms with Gasteiger partial charge < -0.3 is 4.74 Å². The highest BCUT2D eigenvalue weighted by molar-refractivity contribution is 5.87. The maximum absolute atomic E-state index is 12.8. The number of aromatic nitrogens is 1. The predicted molar refractivity (Wildman–Crippen MR) is 101 cm³/mol. The van der Waals surface area contributed by atoms with Gasteiger partial charge in [-0.1, -0.05) is 18.2 Å². The van der Waals surface area contributed by atoms with Crippen LogP contribution in [0.5, 0.6) is 0 Å². The summed E-state index contributed by atoms with van der Waals surface area (Å²) in [5.74, 6) is 0.200. The molecule has 0 amide bonds. The third-order valence-corrected chi connectivity index (χ3v) is 5.73. The Morgan fingerprint density at radius 3 is 2.76 bits per heavy atom. The van der Waals surface area contributed by atoms with Crippen molar-refractivity contribution in [3.8, 4) is 0 Å². The highest BCUT2D eigenvalue weighted by Gasteiger charge is 2.28. The quantitative estimate of drug-likeness (QED) is 0.718. The third-order valence-electron chi connectivity index (χ3n) is 5.73. The van der Waals surface area contributed by atoms with Crippen molar-refractivity contribution in [1.82, 2.24) is 4.98 Å². The molecule has 1 aromatic rings. The Morgan fingerprint density at radius 2 is 2.08 bits per heavy atom. The van der Waals surface area contributed by atoms with Gasteiger partial charge in [0.2, 0.25) is 0 Å². The van der Waals surface area contributed by atoms with Crippen molar-refractivity contribution >= 4 is 11.9 Å². The van der Waals surface area contributed by atoms with Gasteiger partial charge in [-0.3, -0.25) is 9.78 Å². The van der Waals surface area contributed by atoms with Crippen molar-refractivity contribution < 1.29 is 9.53 Å². The van der Waals surface area contributed by atoms with Gasteiger partial charge in [-0.05, 0) is 69.1 Å². The molecular weight excluding hydrogens is 310 g/mol. The van der Waals surface area contributed by atoms with Gasteiger partial charge in [0, 0.05) is 18.7 Å². The molecule has 0 radical (unpaired) electrons. The van der Waals surface area contributed by atoms with E-state index in [-0.39, 0.29) is 11.8 Å². The molecule has 0 aliphatic heterocycles. The van der Waals surface area contributed by atoms with Gasteiger partial charge in [0.05, 0.1) is 17.7 Å². The van der Waals surface area contributed by atoms with E-state index in [1.54, 1.807) is 13.2 Å². The number of nitrogens with zero attached hydrogens (tertiary/aromatic N) is 1. The lowest BCUT2D eigenvalue weighted by molar-refractivity contribution is -0.126. The molecule has 0 saturated heterocycles. The zero-order valence-electron chi connectivity index (χ0n) is 15.5. The molecule has 1 heterocycles. The topological polar surface area (TPSA) is 39.2 Å². The van der Waals surface area contributed by atoms with Crippen LogP contribution in [0.1, 0.15) is 54.6 Å². The molecule has 2 aliphatic carbocycles. The molecule has 3 heteroatoms. The zero-order chi connectivity index (χ0) is 17.8. The molecule has 3 rings (SSSR count). The molecule has 2 aliphatic rings. The van der Waals surface area contributed by atoms with Crippen molar-refractivity contribution in [2.75, 3.05) is 7.11 Å². The first kappa shape index (κ1) is 18.1. The average Bonchev–Trinajstić information content (AvgIpc) is 3.09.